The fraction of sp³-hybridized carbons (Fsp3) is 0.176. The quantitative estimate of drug-likeness (QED) is 0.890. The summed E-state index contributed by atoms with van der Waals surface area (Å²) in [4.78, 5) is 23.0. The Labute approximate surface area is 128 Å². The third kappa shape index (κ3) is 3.25. The van der Waals surface area contributed by atoms with Gasteiger partial charge in [0.05, 0.1) is 5.56 Å². The van der Waals surface area contributed by atoms with Crippen molar-refractivity contribution in [1.82, 2.24) is 0 Å². The SMILES string of the molecule is NC(=O)c1ccccc1Oc1ccc(NC(=O)C2CC2)cc1. The Balaban J connectivity index is 1.71. The van der Waals surface area contributed by atoms with Crippen LogP contribution in [0.2, 0.25) is 0 Å². The van der Waals surface area contributed by atoms with Crippen molar-refractivity contribution in [3.63, 3.8) is 0 Å². The van der Waals surface area contributed by atoms with Gasteiger partial charge in [-0.3, -0.25) is 9.59 Å². The maximum absolute atomic E-state index is 11.7. The molecule has 0 heterocycles. The number of nitrogens with one attached hydrogen (secondary N) is 1. The Morgan fingerprint density at radius 1 is 1.05 bits per heavy atom. The summed E-state index contributed by atoms with van der Waals surface area (Å²) in [7, 11) is 0. The van der Waals surface area contributed by atoms with E-state index in [1.807, 2.05) is 0 Å². The van der Waals surface area contributed by atoms with Crippen molar-refractivity contribution in [3.05, 3.63) is 54.1 Å². The van der Waals surface area contributed by atoms with Gasteiger partial charge in [0.2, 0.25) is 5.91 Å². The number of nitrogens with two attached hydrogens (primary N) is 1. The number of primary amides is 1. The van der Waals surface area contributed by atoms with Crippen LogP contribution in [0.4, 0.5) is 5.69 Å². The molecule has 1 fully saturated rings. The van der Waals surface area contributed by atoms with Gasteiger partial charge in [-0.2, -0.15) is 0 Å². The minimum atomic E-state index is -0.538. The van der Waals surface area contributed by atoms with E-state index in [0.717, 1.165) is 18.5 Å². The zero-order chi connectivity index (χ0) is 15.5. The van der Waals surface area contributed by atoms with E-state index in [4.69, 9.17) is 10.5 Å². The van der Waals surface area contributed by atoms with Gasteiger partial charge in [-0.05, 0) is 49.2 Å². The molecular weight excluding hydrogens is 280 g/mol. The van der Waals surface area contributed by atoms with Crippen LogP contribution < -0.4 is 15.8 Å². The molecule has 2 aromatic carbocycles. The highest BCUT2D eigenvalue weighted by Gasteiger charge is 2.29. The van der Waals surface area contributed by atoms with Gasteiger partial charge in [-0.15, -0.1) is 0 Å². The lowest BCUT2D eigenvalue weighted by atomic mass is 10.2. The molecular formula is C17H16N2O3. The van der Waals surface area contributed by atoms with E-state index in [2.05, 4.69) is 5.32 Å². The summed E-state index contributed by atoms with van der Waals surface area (Å²) in [6.45, 7) is 0. The molecule has 3 rings (SSSR count). The number of hydrogen-bond acceptors (Lipinski definition) is 3. The number of para-hydroxylation sites is 1. The summed E-state index contributed by atoms with van der Waals surface area (Å²) < 4.78 is 5.68. The lowest BCUT2D eigenvalue weighted by Gasteiger charge is -2.10. The number of anilines is 1. The van der Waals surface area contributed by atoms with Crippen LogP contribution in [0.1, 0.15) is 23.2 Å². The van der Waals surface area contributed by atoms with Gasteiger partial charge in [-0.1, -0.05) is 12.1 Å². The molecule has 0 radical (unpaired) electrons. The fourth-order valence-corrected chi connectivity index (χ4v) is 2.08. The Hall–Kier alpha value is -2.82. The van der Waals surface area contributed by atoms with Crippen LogP contribution in [0.3, 0.4) is 0 Å². The second kappa shape index (κ2) is 5.89. The van der Waals surface area contributed by atoms with Gasteiger partial charge in [0.25, 0.3) is 5.91 Å². The van der Waals surface area contributed by atoms with E-state index < -0.39 is 5.91 Å². The van der Waals surface area contributed by atoms with Crippen molar-refractivity contribution in [2.45, 2.75) is 12.8 Å². The van der Waals surface area contributed by atoms with Gasteiger partial charge < -0.3 is 15.8 Å². The van der Waals surface area contributed by atoms with Crippen molar-refractivity contribution < 1.29 is 14.3 Å². The summed E-state index contributed by atoms with van der Waals surface area (Å²) in [6.07, 6.45) is 1.94. The highest BCUT2D eigenvalue weighted by Crippen LogP contribution is 2.31. The maximum Gasteiger partial charge on any atom is 0.252 e. The molecule has 5 heteroatoms. The van der Waals surface area contributed by atoms with Gasteiger partial charge in [-0.25, -0.2) is 0 Å². The topological polar surface area (TPSA) is 81.4 Å². The molecule has 0 aromatic heterocycles. The summed E-state index contributed by atoms with van der Waals surface area (Å²) in [5.74, 6) is 0.665. The molecule has 3 N–H and O–H groups in total. The lowest BCUT2D eigenvalue weighted by molar-refractivity contribution is -0.117. The van der Waals surface area contributed by atoms with E-state index in [-0.39, 0.29) is 11.8 Å². The van der Waals surface area contributed by atoms with Crippen molar-refractivity contribution in [2.75, 3.05) is 5.32 Å². The molecule has 0 saturated heterocycles. The van der Waals surface area contributed by atoms with E-state index in [1.54, 1.807) is 48.5 Å². The number of ether oxygens (including phenoxy) is 1. The van der Waals surface area contributed by atoms with E-state index in [9.17, 15) is 9.59 Å². The Morgan fingerprint density at radius 2 is 1.73 bits per heavy atom. The number of benzene rings is 2. The first kappa shape index (κ1) is 14.1. The van der Waals surface area contributed by atoms with E-state index >= 15 is 0 Å². The average molecular weight is 296 g/mol. The fourth-order valence-electron chi connectivity index (χ4n) is 2.08. The van der Waals surface area contributed by atoms with Crippen LogP contribution in [-0.2, 0) is 4.79 Å². The second-order valence-corrected chi connectivity index (χ2v) is 5.25. The third-order valence-electron chi connectivity index (χ3n) is 3.45. The lowest BCUT2D eigenvalue weighted by Crippen LogP contribution is -2.13. The normalized spacial score (nSPS) is 13.5. The first-order valence-electron chi connectivity index (χ1n) is 7.11. The van der Waals surface area contributed by atoms with Gasteiger partial charge >= 0.3 is 0 Å². The Morgan fingerprint density at radius 3 is 2.36 bits per heavy atom. The van der Waals surface area contributed by atoms with Crippen LogP contribution in [-0.4, -0.2) is 11.8 Å². The molecule has 112 valence electrons. The zero-order valence-electron chi connectivity index (χ0n) is 11.9. The smallest absolute Gasteiger partial charge is 0.252 e. The standard InChI is InChI=1S/C17H16N2O3/c18-16(20)14-3-1-2-4-15(14)22-13-9-7-12(8-10-13)19-17(21)11-5-6-11/h1-4,7-11H,5-6H2,(H2,18,20)(H,19,21). The predicted molar refractivity (Wildman–Crippen MR) is 82.8 cm³/mol. The largest absolute Gasteiger partial charge is 0.457 e. The summed E-state index contributed by atoms with van der Waals surface area (Å²) >= 11 is 0. The van der Waals surface area contributed by atoms with Crippen molar-refractivity contribution >= 4 is 17.5 Å². The number of amides is 2. The van der Waals surface area contributed by atoms with Crippen molar-refractivity contribution in [2.24, 2.45) is 11.7 Å². The summed E-state index contributed by atoms with van der Waals surface area (Å²) in [5.41, 5.74) is 6.37. The summed E-state index contributed by atoms with van der Waals surface area (Å²) in [5, 5.41) is 2.86. The van der Waals surface area contributed by atoms with Gasteiger partial charge in [0.15, 0.2) is 0 Å². The molecule has 2 aromatic rings. The molecule has 0 bridgehead atoms. The molecule has 1 aliphatic carbocycles. The second-order valence-electron chi connectivity index (χ2n) is 5.25. The molecule has 2 amide bonds. The minimum Gasteiger partial charge on any atom is -0.457 e. The molecule has 22 heavy (non-hydrogen) atoms. The van der Waals surface area contributed by atoms with Crippen molar-refractivity contribution in [1.29, 1.82) is 0 Å². The molecule has 0 atom stereocenters. The number of carbonyl (C=O) groups excluding carboxylic acids is 2. The Bertz CT molecular complexity index is 706. The monoisotopic (exact) mass is 296 g/mol. The van der Waals surface area contributed by atoms with Crippen LogP contribution in [0.25, 0.3) is 0 Å². The zero-order valence-corrected chi connectivity index (χ0v) is 11.9. The molecule has 5 nitrogen and oxygen atoms in total. The molecule has 0 aliphatic heterocycles. The van der Waals surface area contributed by atoms with Gasteiger partial charge in [0, 0.05) is 11.6 Å². The minimum absolute atomic E-state index is 0.0627. The molecule has 1 saturated carbocycles. The Kier molecular flexibility index (Phi) is 3.78. The third-order valence-corrected chi connectivity index (χ3v) is 3.45. The molecule has 0 spiro atoms. The van der Waals surface area contributed by atoms with E-state index in [1.165, 1.54) is 0 Å². The molecule has 1 aliphatic rings. The highest BCUT2D eigenvalue weighted by atomic mass is 16.5. The number of carbonyl (C=O) groups is 2. The van der Waals surface area contributed by atoms with Crippen LogP contribution in [0.15, 0.2) is 48.5 Å². The molecule has 0 unspecified atom stereocenters. The summed E-state index contributed by atoms with van der Waals surface area (Å²) in [6, 6.07) is 13.8. The van der Waals surface area contributed by atoms with Crippen LogP contribution in [0, 0.1) is 5.92 Å². The van der Waals surface area contributed by atoms with Crippen LogP contribution >= 0.6 is 0 Å². The van der Waals surface area contributed by atoms with Crippen LogP contribution in [0.5, 0.6) is 11.5 Å². The average Bonchev–Trinajstić information content (AvgIpc) is 3.34. The highest BCUT2D eigenvalue weighted by molar-refractivity contribution is 5.95. The first-order valence-corrected chi connectivity index (χ1v) is 7.11. The number of hydrogen-bond donors (Lipinski definition) is 2. The first-order chi connectivity index (χ1) is 10.6. The van der Waals surface area contributed by atoms with Crippen molar-refractivity contribution in [3.8, 4) is 11.5 Å². The predicted octanol–water partition coefficient (Wildman–Crippen LogP) is 2.93. The van der Waals surface area contributed by atoms with E-state index in [0.29, 0.717) is 17.1 Å². The maximum atomic E-state index is 11.7. The number of rotatable bonds is 5. The van der Waals surface area contributed by atoms with Gasteiger partial charge in [0.1, 0.15) is 11.5 Å².